The van der Waals surface area contributed by atoms with Crippen molar-refractivity contribution in [3.63, 3.8) is 0 Å². The number of hydrogen-bond donors (Lipinski definition) is 1. The Morgan fingerprint density at radius 3 is 2.41 bits per heavy atom. The summed E-state index contributed by atoms with van der Waals surface area (Å²) in [6, 6.07) is 8.93. The van der Waals surface area contributed by atoms with Gasteiger partial charge in [-0.3, -0.25) is 0 Å². The zero-order chi connectivity index (χ0) is 16.2. The minimum atomic E-state index is -3.99. The fourth-order valence-electron chi connectivity index (χ4n) is 1.48. The highest BCUT2D eigenvalue weighted by Crippen LogP contribution is 2.16. The lowest BCUT2D eigenvalue weighted by Gasteiger charge is -2.06. The summed E-state index contributed by atoms with van der Waals surface area (Å²) in [5.41, 5.74) is 0. The lowest BCUT2D eigenvalue weighted by molar-refractivity contribution is 0.0409. The molecule has 2 N–H and O–H groups in total. The van der Waals surface area contributed by atoms with Gasteiger partial charge in [0, 0.05) is 5.02 Å². The van der Waals surface area contributed by atoms with Gasteiger partial charge in [0.1, 0.15) is 19.0 Å². The van der Waals surface area contributed by atoms with Gasteiger partial charge in [0.25, 0.3) is 10.0 Å². The van der Waals surface area contributed by atoms with Gasteiger partial charge in [0.05, 0.1) is 0 Å². The van der Waals surface area contributed by atoms with Gasteiger partial charge in [-0.25, -0.2) is 18.4 Å². The maximum Gasteiger partial charge on any atom is 0.374 e. The fourth-order valence-corrected chi connectivity index (χ4v) is 2.07. The largest absolute Gasteiger partial charge is 0.490 e. The number of sulfonamides is 1. The van der Waals surface area contributed by atoms with Crippen LogP contribution in [0.25, 0.3) is 0 Å². The van der Waals surface area contributed by atoms with Crippen LogP contribution in [0.5, 0.6) is 5.75 Å². The van der Waals surface area contributed by atoms with Crippen LogP contribution >= 0.6 is 11.6 Å². The molecule has 1 aromatic heterocycles. The highest BCUT2D eigenvalue weighted by molar-refractivity contribution is 7.89. The van der Waals surface area contributed by atoms with E-state index in [0.717, 1.165) is 6.07 Å². The molecule has 9 heteroatoms. The summed E-state index contributed by atoms with van der Waals surface area (Å²) in [5, 5.41) is 4.95. The summed E-state index contributed by atoms with van der Waals surface area (Å²) in [6.45, 7) is 0.0863. The van der Waals surface area contributed by atoms with Crippen molar-refractivity contribution in [2.45, 2.75) is 5.09 Å². The topological polar surface area (TPSA) is 109 Å². The quantitative estimate of drug-likeness (QED) is 0.631. The van der Waals surface area contributed by atoms with Gasteiger partial charge in [-0.1, -0.05) is 11.6 Å². The van der Waals surface area contributed by atoms with E-state index in [9.17, 15) is 13.2 Å². The molecule has 0 fully saturated rings. The molecular formula is C13H12ClNO6S. The average molecular weight is 346 g/mol. The maximum absolute atomic E-state index is 11.6. The van der Waals surface area contributed by atoms with Crippen LogP contribution in [0.1, 0.15) is 10.6 Å². The first-order valence-corrected chi connectivity index (χ1v) is 7.97. The lowest BCUT2D eigenvalue weighted by atomic mass is 10.3. The maximum atomic E-state index is 11.6. The molecule has 0 saturated heterocycles. The van der Waals surface area contributed by atoms with Crippen LogP contribution < -0.4 is 9.88 Å². The molecule has 1 aromatic carbocycles. The molecule has 0 spiro atoms. The third-order valence-electron chi connectivity index (χ3n) is 2.46. The fraction of sp³-hybridized carbons (Fsp3) is 0.154. The molecule has 0 amide bonds. The number of ether oxygens (including phenoxy) is 2. The Balaban J connectivity index is 1.80. The van der Waals surface area contributed by atoms with Crippen molar-refractivity contribution < 1.29 is 27.1 Å². The molecule has 0 unspecified atom stereocenters. The van der Waals surface area contributed by atoms with Gasteiger partial charge in [-0.15, -0.1) is 0 Å². The number of esters is 1. The first-order chi connectivity index (χ1) is 10.4. The molecule has 7 nitrogen and oxygen atoms in total. The molecule has 118 valence electrons. The van der Waals surface area contributed by atoms with Crippen LogP contribution in [-0.4, -0.2) is 27.6 Å². The Morgan fingerprint density at radius 2 is 1.82 bits per heavy atom. The van der Waals surface area contributed by atoms with Crippen LogP contribution in [0.3, 0.4) is 0 Å². The normalized spacial score (nSPS) is 11.2. The number of benzene rings is 1. The number of carbonyl (C=O) groups excluding carboxylic acids is 1. The van der Waals surface area contributed by atoms with Gasteiger partial charge in [-0.05, 0) is 36.4 Å². The van der Waals surface area contributed by atoms with E-state index < -0.39 is 21.1 Å². The minimum Gasteiger partial charge on any atom is -0.490 e. The van der Waals surface area contributed by atoms with Crippen LogP contribution in [0.15, 0.2) is 45.9 Å². The molecule has 0 bridgehead atoms. The first kappa shape index (κ1) is 16.3. The number of nitrogens with two attached hydrogens (primary N) is 1. The smallest absolute Gasteiger partial charge is 0.374 e. The number of primary sulfonamides is 1. The van der Waals surface area contributed by atoms with Crippen LogP contribution in [0.2, 0.25) is 5.02 Å². The summed E-state index contributed by atoms with van der Waals surface area (Å²) in [4.78, 5) is 11.6. The Kier molecular flexibility index (Phi) is 5.07. The van der Waals surface area contributed by atoms with E-state index in [-0.39, 0.29) is 19.0 Å². The zero-order valence-corrected chi connectivity index (χ0v) is 12.8. The molecule has 2 aromatic rings. The second-order valence-corrected chi connectivity index (χ2v) is 6.03. The second kappa shape index (κ2) is 6.82. The number of halogens is 1. The van der Waals surface area contributed by atoms with Gasteiger partial charge in [-0.2, -0.15) is 0 Å². The molecule has 0 saturated carbocycles. The Bertz CT molecular complexity index is 753. The van der Waals surface area contributed by atoms with Crippen LogP contribution in [0.4, 0.5) is 0 Å². The number of rotatable bonds is 6. The van der Waals surface area contributed by atoms with Crippen molar-refractivity contribution in [2.24, 2.45) is 5.14 Å². The third kappa shape index (κ3) is 4.48. The summed E-state index contributed by atoms with van der Waals surface area (Å²) in [7, 11) is -3.99. The van der Waals surface area contributed by atoms with E-state index in [4.69, 9.17) is 30.6 Å². The van der Waals surface area contributed by atoms with Crippen molar-refractivity contribution in [2.75, 3.05) is 13.2 Å². The van der Waals surface area contributed by atoms with Crippen molar-refractivity contribution in [1.29, 1.82) is 0 Å². The molecule has 1 heterocycles. The molecular weight excluding hydrogens is 334 g/mol. The Hall–Kier alpha value is -2.03. The van der Waals surface area contributed by atoms with Gasteiger partial charge >= 0.3 is 5.97 Å². The predicted octanol–water partition coefficient (Wildman–Crippen LogP) is 1.82. The summed E-state index contributed by atoms with van der Waals surface area (Å²) < 4.78 is 37.0. The van der Waals surface area contributed by atoms with E-state index >= 15 is 0 Å². The number of furan rings is 1. The first-order valence-electron chi connectivity index (χ1n) is 6.04. The molecule has 0 aliphatic rings. The van der Waals surface area contributed by atoms with Gasteiger partial charge < -0.3 is 13.9 Å². The van der Waals surface area contributed by atoms with Gasteiger partial charge in [0.15, 0.2) is 0 Å². The third-order valence-corrected chi connectivity index (χ3v) is 3.49. The van der Waals surface area contributed by atoms with Gasteiger partial charge in [0.2, 0.25) is 10.9 Å². The highest BCUT2D eigenvalue weighted by Gasteiger charge is 2.18. The zero-order valence-electron chi connectivity index (χ0n) is 11.2. The standard InChI is InChI=1S/C13H12ClNO6S/c14-9-1-3-10(4-2-9)19-7-8-20-13(16)11-5-6-12(21-11)22(15,17)18/h1-6H,7-8H2,(H2,15,17,18). The monoisotopic (exact) mass is 345 g/mol. The molecule has 0 aliphatic carbocycles. The van der Waals surface area contributed by atoms with Crippen molar-refractivity contribution in [3.05, 3.63) is 47.2 Å². The Labute approximate surface area is 131 Å². The van der Waals surface area contributed by atoms with E-state index in [0.29, 0.717) is 10.8 Å². The summed E-state index contributed by atoms with van der Waals surface area (Å²) >= 11 is 5.73. The van der Waals surface area contributed by atoms with Crippen molar-refractivity contribution in [1.82, 2.24) is 0 Å². The summed E-state index contributed by atoms with van der Waals surface area (Å²) in [5.74, 6) is -0.486. The minimum absolute atomic E-state index is 0.0349. The van der Waals surface area contributed by atoms with Crippen LogP contribution in [-0.2, 0) is 14.8 Å². The Morgan fingerprint density at radius 1 is 1.14 bits per heavy atom. The van der Waals surface area contributed by atoms with Crippen molar-refractivity contribution >= 4 is 27.6 Å². The predicted molar refractivity (Wildman–Crippen MR) is 77.3 cm³/mol. The number of carbonyl (C=O) groups is 1. The lowest BCUT2D eigenvalue weighted by Crippen LogP contribution is -2.12. The van der Waals surface area contributed by atoms with Crippen molar-refractivity contribution in [3.8, 4) is 5.75 Å². The molecule has 22 heavy (non-hydrogen) atoms. The number of hydrogen-bond acceptors (Lipinski definition) is 6. The SMILES string of the molecule is NS(=O)(=O)c1ccc(C(=O)OCCOc2ccc(Cl)cc2)o1. The van der Waals surface area contributed by atoms with E-state index in [2.05, 4.69) is 0 Å². The van der Waals surface area contributed by atoms with E-state index in [1.165, 1.54) is 6.07 Å². The van der Waals surface area contributed by atoms with E-state index in [1.807, 2.05) is 0 Å². The second-order valence-electron chi connectivity index (χ2n) is 4.10. The average Bonchev–Trinajstić information content (AvgIpc) is 2.95. The molecule has 0 aliphatic heterocycles. The highest BCUT2D eigenvalue weighted by atomic mass is 35.5. The molecule has 0 radical (unpaired) electrons. The molecule has 0 atom stereocenters. The van der Waals surface area contributed by atoms with E-state index in [1.54, 1.807) is 24.3 Å². The summed E-state index contributed by atoms with van der Waals surface area (Å²) in [6.07, 6.45) is 0. The molecule has 2 rings (SSSR count). The van der Waals surface area contributed by atoms with Crippen LogP contribution in [0, 0.1) is 0 Å².